The number of hydrogen-bond acceptors (Lipinski definition) is 5. The number of nitrogens with zero attached hydrogens (tertiary/aromatic N) is 1. The minimum atomic E-state index is -3.40. The van der Waals surface area contributed by atoms with Crippen LogP contribution in [0.2, 0.25) is 5.02 Å². The SMILES string of the molecule is COc1ccc(CCCNC(=O)c2ccc(N(C)S(C)(=O)=O)cc2Cl)cc1OC. The van der Waals surface area contributed by atoms with Crippen LogP contribution in [0.5, 0.6) is 11.5 Å². The molecule has 0 aliphatic rings. The summed E-state index contributed by atoms with van der Waals surface area (Å²) in [6.07, 6.45) is 2.58. The molecule has 0 bridgehead atoms. The summed E-state index contributed by atoms with van der Waals surface area (Å²) >= 11 is 6.18. The summed E-state index contributed by atoms with van der Waals surface area (Å²) in [7, 11) is 1.20. The van der Waals surface area contributed by atoms with Gasteiger partial charge in [-0.2, -0.15) is 0 Å². The molecular weight excluding hydrogens is 416 g/mol. The van der Waals surface area contributed by atoms with Crippen molar-refractivity contribution in [1.82, 2.24) is 5.32 Å². The second-order valence-electron chi connectivity index (χ2n) is 6.44. The lowest BCUT2D eigenvalue weighted by Gasteiger charge is -2.17. The zero-order valence-corrected chi connectivity index (χ0v) is 18.4. The quantitative estimate of drug-likeness (QED) is 0.605. The predicted octanol–water partition coefficient (Wildman–Crippen LogP) is 3.12. The number of ether oxygens (including phenoxy) is 2. The minimum absolute atomic E-state index is 0.190. The highest BCUT2D eigenvalue weighted by Gasteiger charge is 2.16. The van der Waals surface area contributed by atoms with Crippen molar-refractivity contribution in [3.63, 3.8) is 0 Å². The van der Waals surface area contributed by atoms with Crippen LogP contribution in [0.3, 0.4) is 0 Å². The first kappa shape index (κ1) is 22.8. The molecule has 1 N–H and O–H groups in total. The van der Waals surface area contributed by atoms with E-state index < -0.39 is 10.0 Å². The third-order valence-corrected chi connectivity index (χ3v) is 5.95. The summed E-state index contributed by atoms with van der Waals surface area (Å²) < 4.78 is 34.8. The highest BCUT2D eigenvalue weighted by molar-refractivity contribution is 7.92. The Morgan fingerprint density at radius 1 is 1.10 bits per heavy atom. The standard InChI is InChI=1S/C20H25ClN2O5S/c1-23(29(4,25)26)15-8-9-16(17(21)13-15)20(24)22-11-5-6-14-7-10-18(27-2)19(12-14)28-3/h7-10,12-13H,5-6,11H2,1-4H3,(H,22,24). The monoisotopic (exact) mass is 440 g/mol. The molecule has 2 aromatic carbocycles. The topological polar surface area (TPSA) is 84.9 Å². The third-order valence-electron chi connectivity index (χ3n) is 4.43. The zero-order chi connectivity index (χ0) is 21.6. The fraction of sp³-hybridized carbons (Fsp3) is 0.350. The van der Waals surface area contributed by atoms with Gasteiger partial charge in [-0.15, -0.1) is 0 Å². The van der Waals surface area contributed by atoms with Crippen molar-refractivity contribution in [2.24, 2.45) is 0 Å². The second-order valence-corrected chi connectivity index (χ2v) is 8.86. The van der Waals surface area contributed by atoms with Gasteiger partial charge < -0.3 is 14.8 Å². The van der Waals surface area contributed by atoms with E-state index in [1.165, 1.54) is 19.2 Å². The number of methoxy groups -OCH3 is 2. The molecule has 0 spiro atoms. The van der Waals surface area contributed by atoms with Crippen molar-refractivity contribution >= 4 is 33.2 Å². The number of carbonyl (C=O) groups is 1. The molecule has 0 heterocycles. The number of hydrogen-bond donors (Lipinski definition) is 1. The number of sulfonamides is 1. The second kappa shape index (κ2) is 9.84. The zero-order valence-electron chi connectivity index (χ0n) is 16.9. The predicted molar refractivity (Wildman–Crippen MR) is 115 cm³/mol. The third kappa shape index (κ3) is 6.01. The van der Waals surface area contributed by atoms with E-state index in [9.17, 15) is 13.2 Å². The molecule has 29 heavy (non-hydrogen) atoms. The summed E-state index contributed by atoms with van der Waals surface area (Å²) in [5.41, 5.74) is 1.76. The Hall–Kier alpha value is -2.45. The molecule has 0 aliphatic heterocycles. The molecule has 0 unspecified atom stereocenters. The van der Waals surface area contributed by atoms with Crippen LogP contribution in [0.25, 0.3) is 0 Å². The summed E-state index contributed by atoms with van der Waals surface area (Å²) in [6, 6.07) is 10.2. The molecule has 7 nitrogen and oxygen atoms in total. The van der Waals surface area contributed by atoms with Gasteiger partial charge in [-0.25, -0.2) is 8.42 Å². The van der Waals surface area contributed by atoms with Gasteiger partial charge in [-0.1, -0.05) is 17.7 Å². The van der Waals surface area contributed by atoms with Gasteiger partial charge in [0.2, 0.25) is 10.0 Å². The number of rotatable bonds is 9. The van der Waals surface area contributed by atoms with Gasteiger partial charge >= 0.3 is 0 Å². The van der Waals surface area contributed by atoms with Crippen LogP contribution < -0.4 is 19.1 Å². The molecule has 0 saturated carbocycles. The molecular formula is C20H25ClN2O5S. The number of carbonyl (C=O) groups excluding carboxylic acids is 1. The average Bonchev–Trinajstić information content (AvgIpc) is 2.69. The maximum Gasteiger partial charge on any atom is 0.252 e. The molecule has 2 rings (SSSR count). The van der Waals surface area contributed by atoms with Crippen molar-refractivity contribution in [3.05, 3.63) is 52.5 Å². The van der Waals surface area contributed by atoms with Crippen molar-refractivity contribution in [1.29, 1.82) is 0 Å². The molecule has 9 heteroatoms. The van der Waals surface area contributed by atoms with Crippen LogP contribution in [-0.2, 0) is 16.4 Å². The molecule has 0 saturated heterocycles. The van der Waals surface area contributed by atoms with Crippen LogP contribution in [0, 0.1) is 0 Å². The maximum absolute atomic E-state index is 12.4. The van der Waals surface area contributed by atoms with Gasteiger partial charge in [0.25, 0.3) is 5.91 Å². The summed E-state index contributed by atoms with van der Waals surface area (Å²) in [5.74, 6) is 1.03. The number of halogens is 1. The van der Waals surface area contributed by atoms with E-state index in [2.05, 4.69) is 5.32 Å². The van der Waals surface area contributed by atoms with Gasteiger partial charge in [0.1, 0.15) is 0 Å². The smallest absolute Gasteiger partial charge is 0.252 e. The first-order valence-corrected chi connectivity index (χ1v) is 11.1. The van der Waals surface area contributed by atoms with E-state index in [1.807, 2.05) is 18.2 Å². The first-order chi connectivity index (χ1) is 13.7. The fourth-order valence-corrected chi connectivity index (χ4v) is 3.46. The molecule has 0 atom stereocenters. The number of nitrogens with one attached hydrogen (secondary N) is 1. The van der Waals surface area contributed by atoms with E-state index >= 15 is 0 Å². The number of anilines is 1. The van der Waals surface area contributed by atoms with Crippen LogP contribution in [0.4, 0.5) is 5.69 Å². The van der Waals surface area contributed by atoms with E-state index in [4.69, 9.17) is 21.1 Å². The van der Waals surface area contributed by atoms with Gasteiger partial charge in [-0.3, -0.25) is 9.10 Å². The Morgan fingerprint density at radius 3 is 2.38 bits per heavy atom. The van der Waals surface area contributed by atoms with Crippen LogP contribution >= 0.6 is 11.6 Å². The van der Waals surface area contributed by atoms with Crippen molar-refractivity contribution in [2.75, 3.05) is 38.4 Å². The van der Waals surface area contributed by atoms with Crippen molar-refractivity contribution in [2.45, 2.75) is 12.8 Å². The van der Waals surface area contributed by atoms with E-state index in [1.54, 1.807) is 20.3 Å². The summed E-state index contributed by atoms with van der Waals surface area (Å²) in [6.45, 7) is 0.467. The van der Waals surface area contributed by atoms with Crippen molar-refractivity contribution < 1.29 is 22.7 Å². The fourth-order valence-electron chi connectivity index (χ4n) is 2.70. The Morgan fingerprint density at radius 2 is 1.79 bits per heavy atom. The Labute approximate surface area is 176 Å². The number of aryl methyl sites for hydroxylation is 1. The average molecular weight is 441 g/mol. The van der Waals surface area contributed by atoms with Crippen LogP contribution in [0.15, 0.2) is 36.4 Å². The summed E-state index contributed by atoms with van der Waals surface area (Å²) in [5, 5.41) is 3.02. The van der Waals surface area contributed by atoms with Crippen LogP contribution in [-0.4, -0.2) is 48.4 Å². The molecule has 0 aromatic heterocycles. The molecule has 158 valence electrons. The van der Waals surface area contributed by atoms with E-state index in [0.717, 1.165) is 29.0 Å². The Balaban J connectivity index is 1.93. The lowest BCUT2D eigenvalue weighted by atomic mass is 10.1. The molecule has 0 radical (unpaired) electrons. The first-order valence-electron chi connectivity index (χ1n) is 8.90. The van der Waals surface area contributed by atoms with Gasteiger partial charge in [-0.05, 0) is 48.7 Å². The maximum atomic E-state index is 12.4. The number of amides is 1. The lowest BCUT2D eigenvalue weighted by molar-refractivity contribution is 0.0953. The lowest BCUT2D eigenvalue weighted by Crippen LogP contribution is -2.26. The number of benzene rings is 2. The Bertz CT molecular complexity index is 979. The van der Waals surface area contributed by atoms with E-state index in [-0.39, 0.29) is 10.9 Å². The minimum Gasteiger partial charge on any atom is -0.493 e. The highest BCUT2D eigenvalue weighted by atomic mass is 35.5. The molecule has 2 aromatic rings. The molecule has 0 fully saturated rings. The molecule has 1 amide bonds. The summed E-state index contributed by atoms with van der Waals surface area (Å²) in [4.78, 5) is 12.4. The largest absolute Gasteiger partial charge is 0.493 e. The van der Waals surface area contributed by atoms with Crippen LogP contribution in [0.1, 0.15) is 22.3 Å². The molecule has 0 aliphatic carbocycles. The van der Waals surface area contributed by atoms with E-state index in [0.29, 0.717) is 29.3 Å². The van der Waals surface area contributed by atoms with Gasteiger partial charge in [0.05, 0.1) is 36.7 Å². The van der Waals surface area contributed by atoms with Gasteiger partial charge in [0, 0.05) is 13.6 Å². The van der Waals surface area contributed by atoms with Crippen molar-refractivity contribution in [3.8, 4) is 11.5 Å². The Kier molecular flexibility index (Phi) is 7.75. The van der Waals surface area contributed by atoms with Gasteiger partial charge in [0.15, 0.2) is 11.5 Å². The highest BCUT2D eigenvalue weighted by Crippen LogP contribution is 2.28. The normalized spacial score (nSPS) is 11.1.